The monoisotopic (exact) mass is 216 g/mol. The van der Waals surface area contributed by atoms with Crippen molar-refractivity contribution in [2.24, 2.45) is 0 Å². The molecular formula is C14H20N2. The van der Waals surface area contributed by atoms with Gasteiger partial charge in [-0.1, -0.05) is 12.1 Å². The van der Waals surface area contributed by atoms with Gasteiger partial charge in [0.1, 0.15) is 0 Å². The Hall–Kier alpha value is -1.18. The van der Waals surface area contributed by atoms with E-state index in [1.165, 1.54) is 56.6 Å². The first-order valence-corrected chi connectivity index (χ1v) is 6.54. The van der Waals surface area contributed by atoms with E-state index in [9.17, 15) is 0 Å². The van der Waals surface area contributed by atoms with Crippen LogP contribution in [0.3, 0.4) is 0 Å². The second-order valence-electron chi connectivity index (χ2n) is 4.98. The number of nitrogens with zero attached hydrogens (tertiary/aromatic N) is 1. The van der Waals surface area contributed by atoms with Gasteiger partial charge in [0.15, 0.2) is 0 Å². The summed E-state index contributed by atoms with van der Waals surface area (Å²) >= 11 is 0. The summed E-state index contributed by atoms with van der Waals surface area (Å²) < 4.78 is 0. The van der Waals surface area contributed by atoms with Gasteiger partial charge in [0.2, 0.25) is 0 Å². The normalized spacial score (nSPS) is 20.9. The van der Waals surface area contributed by atoms with E-state index in [1.54, 1.807) is 0 Å². The van der Waals surface area contributed by atoms with Gasteiger partial charge >= 0.3 is 0 Å². The molecule has 0 spiro atoms. The van der Waals surface area contributed by atoms with E-state index in [2.05, 4.69) is 34.5 Å². The third-order valence-corrected chi connectivity index (χ3v) is 3.82. The summed E-state index contributed by atoms with van der Waals surface area (Å²) in [5.74, 6) is 0. The Kier molecular flexibility index (Phi) is 2.73. The number of nitrogens with one attached hydrogen (secondary N) is 1. The number of hydrogen-bond donors (Lipinski definition) is 1. The lowest BCUT2D eigenvalue weighted by Gasteiger charge is -2.30. The predicted molar refractivity (Wildman–Crippen MR) is 69.2 cm³/mol. The molecule has 2 nitrogen and oxygen atoms in total. The van der Waals surface area contributed by atoms with Crippen molar-refractivity contribution in [3.8, 4) is 0 Å². The zero-order valence-corrected chi connectivity index (χ0v) is 9.78. The summed E-state index contributed by atoms with van der Waals surface area (Å²) in [6.07, 6.45) is 6.77. The van der Waals surface area contributed by atoms with Crippen LogP contribution in [-0.2, 0) is 0 Å². The van der Waals surface area contributed by atoms with E-state index in [0.717, 1.165) is 6.04 Å². The minimum Gasteiger partial charge on any atom is -0.381 e. The van der Waals surface area contributed by atoms with Gasteiger partial charge in [0, 0.05) is 19.1 Å². The maximum atomic E-state index is 3.68. The van der Waals surface area contributed by atoms with Crippen molar-refractivity contribution < 1.29 is 0 Å². The van der Waals surface area contributed by atoms with Crippen LogP contribution in [0.15, 0.2) is 24.3 Å². The van der Waals surface area contributed by atoms with Gasteiger partial charge in [-0.2, -0.15) is 0 Å². The molecule has 1 aromatic rings. The highest BCUT2D eigenvalue weighted by Gasteiger charge is 2.20. The van der Waals surface area contributed by atoms with Crippen LogP contribution < -0.4 is 10.2 Å². The van der Waals surface area contributed by atoms with Crippen LogP contribution in [0, 0.1) is 0 Å². The molecule has 2 heteroatoms. The lowest BCUT2D eigenvalue weighted by molar-refractivity contribution is 0.445. The fourth-order valence-corrected chi connectivity index (χ4v) is 2.60. The SMILES string of the molecule is c1ccc(N2CCCC2)c(NC2CCC2)c1. The van der Waals surface area contributed by atoms with Crippen molar-refractivity contribution in [3.05, 3.63) is 24.3 Å². The van der Waals surface area contributed by atoms with Crippen LogP contribution in [0.25, 0.3) is 0 Å². The van der Waals surface area contributed by atoms with Gasteiger partial charge in [0.25, 0.3) is 0 Å². The molecule has 16 heavy (non-hydrogen) atoms. The summed E-state index contributed by atoms with van der Waals surface area (Å²) in [6, 6.07) is 9.50. The van der Waals surface area contributed by atoms with E-state index in [1.807, 2.05) is 0 Å². The molecule has 1 N–H and O–H groups in total. The van der Waals surface area contributed by atoms with Gasteiger partial charge in [0.05, 0.1) is 11.4 Å². The molecule has 1 saturated heterocycles. The number of hydrogen-bond acceptors (Lipinski definition) is 2. The van der Waals surface area contributed by atoms with Gasteiger partial charge in [-0.25, -0.2) is 0 Å². The number of anilines is 2. The van der Waals surface area contributed by atoms with Crippen LogP contribution in [0.5, 0.6) is 0 Å². The first-order chi connectivity index (χ1) is 7.93. The molecule has 1 saturated carbocycles. The molecule has 1 aliphatic carbocycles. The van der Waals surface area contributed by atoms with Gasteiger partial charge in [-0.05, 0) is 44.2 Å². The first kappa shape index (κ1) is 10.0. The Morgan fingerprint density at radius 3 is 2.44 bits per heavy atom. The fraction of sp³-hybridized carbons (Fsp3) is 0.571. The average molecular weight is 216 g/mol. The maximum Gasteiger partial charge on any atom is 0.0602 e. The lowest BCUT2D eigenvalue weighted by atomic mass is 9.93. The third-order valence-electron chi connectivity index (χ3n) is 3.82. The third kappa shape index (κ3) is 1.89. The average Bonchev–Trinajstić information content (AvgIpc) is 2.77. The molecule has 3 rings (SSSR count). The van der Waals surface area contributed by atoms with Crippen LogP contribution in [0.2, 0.25) is 0 Å². The predicted octanol–water partition coefficient (Wildman–Crippen LogP) is 3.25. The highest BCUT2D eigenvalue weighted by molar-refractivity contribution is 5.70. The van der Waals surface area contributed by atoms with E-state index in [4.69, 9.17) is 0 Å². The summed E-state index contributed by atoms with van der Waals surface area (Å²) in [5.41, 5.74) is 2.75. The van der Waals surface area contributed by atoms with E-state index < -0.39 is 0 Å². The standard InChI is InChI=1S/C14H20N2/c1-2-9-14(16-10-3-4-11-16)13(8-1)15-12-6-5-7-12/h1-2,8-9,12,15H,3-7,10-11H2. The first-order valence-electron chi connectivity index (χ1n) is 6.54. The van der Waals surface area contributed by atoms with Crippen molar-refractivity contribution in [2.45, 2.75) is 38.1 Å². The summed E-state index contributed by atoms with van der Waals surface area (Å²) in [4.78, 5) is 2.51. The Bertz CT molecular complexity index is 352. The second-order valence-corrected chi connectivity index (χ2v) is 4.98. The fourth-order valence-electron chi connectivity index (χ4n) is 2.60. The largest absolute Gasteiger partial charge is 0.381 e. The number of benzene rings is 1. The van der Waals surface area contributed by atoms with Crippen molar-refractivity contribution in [3.63, 3.8) is 0 Å². The van der Waals surface area contributed by atoms with Crippen molar-refractivity contribution in [1.29, 1.82) is 0 Å². The minimum atomic E-state index is 0.726. The van der Waals surface area contributed by atoms with Gasteiger partial charge < -0.3 is 10.2 Å². The van der Waals surface area contributed by atoms with Gasteiger partial charge in [-0.15, -0.1) is 0 Å². The smallest absolute Gasteiger partial charge is 0.0602 e. The minimum absolute atomic E-state index is 0.726. The molecule has 0 amide bonds. The molecule has 1 aromatic carbocycles. The molecule has 1 heterocycles. The van der Waals surface area contributed by atoms with Crippen LogP contribution in [0.4, 0.5) is 11.4 Å². The molecule has 0 bridgehead atoms. The lowest BCUT2D eigenvalue weighted by Crippen LogP contribution is -2.28. The van der Waals surface area contributed by atoms with Crippen LogP contribution >= 0.6 is 0 Å². The molecule has 2 fully saturated rings. The maximum absolute atomic E-state index is 3.68. The Balaban J connectivity index is 1.78. The molecule has 0 unspecified atom stereocenters. The second kappa shape index (κ2) is 4.36. The molecule has 1 aliphatic heterocycles. The van der Waals surface area contributed by atoms with Crippen molar-refractivity contribution >= 4 is 11.4 Å². The highest BCUT2D eigenvalue weighted by Crippen LogP contribution is 2.31. The topological polar surface area (TPSA) is 15.3 Å². The zero-order chi connectivity index (χ0) is 10.8. The Morgan fingerprint density at radius 1 is 1.00 bits per heavy atom. The van der Waals surface area contributed by atoms with Crippen molar-refractivity contribution in [1.82, 2.24) is 0 Å². The zero-order valence-electron chi connectivity index (χ0n) is 9.78. The number of rotatable bonds is 3. The quantitative estimate of drug-likeness (QED) is 0.834. The van der Waals surface area contributed by atoms with E-state index >= 15 is 0 Å². The highest BCUT2D eigenvalue weighted by atomic mass is 15.2. The molecule has 0 aromatic heterocycles. The Morgan fingerprint density at radius 2 is 1.75 bits per heavy atom. The van der Waals surface area contributed by atoms with E-state index in [0.29, 0.717) is 0 Å². The number of para-hydroxylation sites is 2. The van der Waals surface area contributed by atoms with Crippen molar-refractivity contribution in [2.75, 3.05) is 23.3 Å². The van der Waals surface area contributed by atoms with E-state index in [-0.39, 0.29) is 0 Å². The van der Waals surface area contributed by atoms with Crippen LogP contribution in [0.1, 0.15) is 32.1 Å². The Labute approximate surface area is 97.6 Å². The van der Waals surface area contributed by atoms with Crippen LogP contribution in [-0.4, -0.2) is 19.1 Å². The molecular weight excluding hydrogens is 196 g/mol. The molecule has 0 atom stereocenters. The molecule has 86 valence electrons. The summed E-state index contributed by atoms with van der Waals surface area (Å²) in [6.45, 7) is 2.45. The molecule has 2 aliphatic rings. The summed E-state index contributed by atoms with van der Waals surface area (Å²) in [5, 5.41) is 3.68. The molecule has 0 radical (unpaired) electrons. The van der Waals surface area contributed by atoms with Gasteiger partial charge in [-0.3, -0.25) is 0 Å². The summed E-state index contributed by atoms with van der Waals surface area (Å²) in [7, 11) is 0.